The number of carbonyl (C=O) groups is 1. The number of methoxy groups -OCH3 is 1. The molecule has 0 bridgehead atoms. The molecule has 1 unspecified atom stereocenters. The normalized spacial score (nSPS) is 22.1. The summed E-state index contributed by atoms with van der Waals surface area (Å²) in [6.45, 7) is 0. The second kappa shape index (κ2) is 9.12. The molecule has 1 aliphatic heterocycles. The van der Waals surface area contributed by atoms with Gasteiger partial charge in [-0.15, -0.1) is 10.2 Å². The van der Waals surface area contributed by atoms with Gasteiger partial charge in [0.25, 0.3) is 0 Å². The molecule has 1 fully saturated rings. The Hall–Kier alpha value is -2.19. The van der Waals surface area contributed by atoms with Crippen molar-refractivity contribution in [3.8, 4) is 5.75 Å². The van der Waals surface area contributed by atoms with Gasteiger partial charge in [0.15, 0.2) is 5.16 Å². The van der Waals surface area contributed by atoms with E-state index in [9.17, 15) is 9.90 Å². The molecule has 0 saturated heterocycles. The quantitative estimate of drug-likeness (QED) is 0.587. The van der Waals surface area contributed by atoms with E-state index >= 15 is 0 Å². The zero-order valence-electron chi connectivity index (χ0n) is 17.6. The van der Waals surface area contributed by atoms with Crippen LogP contribution in [0.25, 0.3) is 0 Å². The first kappa shape index (κ1) is 22.0. The number of aliphatic hydroxyl groups excluding tert-OH is 1. The maximum Gasteiger partial charge on any atom is 0.349 e. The Morgan fingerprint density at radius 1 is 1.39 bits per heavy atom. The second-order valence-electron chi connectivity index (χ2n) is 8.18. The Bertz CT molecular complexity index is 1000. The lowest BCUT2D eigenvalue weighted by Crippen LogP contribution is -2.45. The van der Waals surface area contributed by atoms with Crippen LogP contribution in [0.2, 0.25) is 5.02 Å². The monoisotopic (exact) mass is 463 g/mol. The number of aryl methyl sites for hydroxylation is 2. The lowest BCUT2D eigenvalue weighted by Gasteiger charge is -2.41. The van der Waals surface area contributed by atoms with Crippen molar-refractivity contribution in [2.24, 2.45) is 13.0 Å². The molecule has 1 aromatic heterocycles. The summed E-state index contributed by atoms with van der Waals surface area (Å²) in [5.74, 6) is 0.445. The third-order valence-corrected chi connectivity index (χ3v) is 7.68. The third-order valence-electron chi connectivity index (χ3n) is 6.23. The summed E-state index contributed by atoms with van der Waals surface area (Å²) in [6.07, 6.45) is 7.40. The zero-order valence-corrected chi connectivity index (χ0v) is 19.2. The highest BCUT2D eigenvalue weighted by Crippen LogP contribution is 2.47. The van der Waals surface area contributed by atoms with Gasteiger partial charge in [-0.2, -0.15) is 0 Å². The van der Waals surface area contributed by atoms with E-state index in [1.165, 1.54) is 0 Å². The first-order chi connectivity index (χ1) is 14.9. The maximum absolute atomic E-state index is 13.0. The molecule has 1 saturated carbocycles. The molecular weight excluding hydrogens is 438 g/mol. The summed E-state index contributed by atoms with van der Waals surface area (Å²) in [4.78, 5) is 13.2. The third kappa shape index (κ3) is 4.55. The number of rotatable bonds is 7. The van der Waals surface area contributed by atoms with Crippen LogP contribution in [-0.4, -0.2) is 38.6 Å². The Kier molecular flexibility index (Phi) is 6.48. The summed E-state index contributed by atoms with van der Waals surface area (Å²) >= 11 is 7.38. The lowest BCUT2D eigenvalue weighted by atomic mass is 9.77. The molecule has 2 heterocycles. The number of esters is 1. The number of aliphatic hydroxyl groups is 1. The predicted octanol–water partition coefficient (Wildman–Crippen LogP) is 4.85. The zero-order chi connectivity index (χ0) is 22.0. The van der Waals surface area contributed by atoms with Crippen LogP contribution < -0.4 is 4.74 Å². The molecule has 4 rings (SSSR count). The van der Waals surface area contributed by atoms with Gasteiger partial charge in [-0.05, 0) is 61.1 Å². The summed E-state index contributed by atoms with van der Waals surface area (Å²) in [5.41, 5.74) is 0.329. The maximum atomic E-state index is 13.0. The van der Waals surface area contributed by atoms with Gasteiger partial charge in [0.05, 0.1) is 12.1 Å². The molecular formula is C22H26ClN3O4S. The average Bonchev–Trinajstić information content (AvgIpc) is 3.42. The smallest absolute Gasteiger partial charge is 0.349 e. The van der Waals surface area contributed by atoms with Crippen LogP contribution in [0, 0.1) is 5.92 Å². The molecule has 31 heavy (non-hydrogen) atoms. The van der Waals surface area contributed by atoms with Crippen molar-refractivity contribution in [2.75, 3.05) is 7.11 Å². The molecule has 9 heteroatoms. The molecule has 1 N–H and O–H groups in total. The van der Waals surface area contributed by atoms with E-state index in [0.29, 0.717) is 35.2 Å². The van der Waals surface area contributed by atoms with Crippen LogP contribution in [0.5, 0.6) is 5.75 Å². The van der Waals surface area contributed by atoms with Crippen LogP contribution in [0.4, 0.5) is 0 Å². The Labute approximate surface area is 190 Å². The highest BCUT2D eigenvalue weighted by molar-refractivity contribution is 8.03. The van der Waals surface area contributed by atoms with Gasteiger partial charge in [0.2, 0.25) is 0 Å². The Morgan fingerprint density at radius 2 is 2.16 bits per heavy atom. The van der Waals surface area contributed by atoms with Crippen molar-refractivity contribution in [3.63, 3.8) is 0 Å². The van der Waals surface area contributed by atoms with Gasteiger partial charge >= 0.3 is 5.97 Å². The highest BCUT2D eigenvalue weighted by atomic mass is 35.5. The van der Waals surface area contributed by atoms with Gasteiger partial charge in [-0.1, -0.05) is 30.5 Å². The molecule has 1 atom stereocenters. The second-order valence-corrected chi connectivity index (χ2v) is 9.57. The van der Waals surface area contributed by atoms with E-state index in [-0.39, 0.29) is 16.6 Å². The van der Waals surface area contributed by atoms with E-state index < -0.39 is 11.6 Å². The summed E-state index contributed by atoms with van der Waals surface area (Å²) in [6, 6.07) is 5.71. The number of cyclic esters (lactones) is 1. The number of hydrogen-bond donors (Lipinski definition) is 1. The minimum Gasteiger partial charge on any atom is -0.511 e. The SMILES string of the molecule is COc1ccc(CCC2(C3CCCC3)CC(O)=C(Sc3nncn3C)C(=O)O2)cc1Cl. The van der Waals surface area contributed by atoms with Crippen molar-refractivity contribution >= 4 is 29.3 Å². The minimum absolute atomic E-state index is 0.0731. The fourth-order valence-corrected chi connectivity index (χ4v) is 5.61. The number of aromatic nitrogens is 3. The van der Waals surface area contributed by atoms with Crippen LogP contribution >= 0.6 is 23.4 Å². The topological polar surface area (TPSA) is 86.5 Å². The number of halogens is 1. The molecule has 2 aliphatic rings. The molecule has 0 radical (unpaired) electrons. The van der Waals surface area contributed by atoms with Crippen LogP contribution in [-0.2, 0) is 23.0 Å². The Balaban J connectivity index is 1.57. The summed E-state index contributed by atoms with van der Waals surface area (Å²) in [5, 5.41) is 19.8. The lowest BCUT2D eigenvalue weighted by molar-refractivity contribution is -0.166. The van der Waals surface area contributed by atoms with Crippen molar-refractivity contribution < 1.29 is 19.4 Å². The Morgan fingerprint density at radius 3 is 2.77 bits per heavy atom. The average molecular weight is 464 g/mol. The van der Waals surface area contributed by atoms with Gasteiger partial charge in [-0.25, -0.2) is 4.79 Å². The number of nitrogens with zero attached hydrogens (tertiary/aromatic N) is 3. The van der Waals surface area contributed by atoms with Gasteiger partial charge in [-0.3, -0.25) is 0 Å². The van der Waals surface area contributed by atoms with Crippen molar-refractivity contribution in [2.45, 2.75) is 55.7 Å². The highest BCUT2D eigenvalue weighted by Gasteiger charge is 2.48. The number of carbonyl (C=O) groups excluding carboxylic acids is 1. The predicted molar refractivity (Wildman–Crippen MR) is 118 cm³/mol. The molecule has 2 aromatic rings. The van der Waals surface area contributed by atoms with Crippen LogP contribution in [0.15, 0.2) is 40.3 Å². The van der Waals surface area contributed by atoms with Crippen LogP contribution in [0.1, 0.15) is 44.1 Å². The van der Waals surface area contributed by atoms with E-state index in [0.717, 1.165) is 43.0 Å². The van der Waals surface area contributed by atoms with E-state index in [4.69, 9.17) is 21.1 Å². The summed E-state index contributed by atoms with van der Waals surface area (Å²) in [7, 11) is 3.38. The fourth-order valence-electron chi connectivity index (χ4n) is 4.55. The molecule has 1 aromatic carbocycles. The van der Waals surface area contributed by atoms with Gasteiger partial charge < -0.3 is 19.1 Å². The molecule has 7 nitrogen and oxygen atoms in total. The fraction of sp³-hybridized carbons (Fsp3) is 0.500. The number of ether oxygens (including phenoxy) is 2. The number of benzene rings is 1. The first-order valence-electron chi connectivity index (χ1n) is 10.4. The molecule has 0 amide bonds. The number of thioether (sulfide) groups is 1. The van der Waals surface area contributed by atoms with Gasteiger partial charge in [0, 0.05) is 13.5 Å². The van der Waals surface area contributed by atoms with Crippen LogP contribution in [0.3, 0.4) is 0 Å². The van der Waals surface area contributed by atoms with Crippen molar-refractivity contribution in [3.05, 3.63) is 45.8 Å². The van der Waals surface area contributed by atoms with Crippen molar-refractivity contribution in [1.29, 1.82) is 0 Å². The molecule has 1 aliphatic carbocycles. The minimum atomic E-state index is -0.714. The largest absolute Gasteiger partial charge is 0.511 e. The summed E-state index contributed by atoms with van der Waals surface area (Å²) < 4.78 is 13.1. The number of hydrogen-bond acceptors (Lipinski definition) is 7. The van der Waals surface area contributed by atoms with Gasteiger partial charge in [0.1, 0.15) is 28.3 Å². The van der Waals surface area contributed by atoms with E-state index in [1.807, 2.05) is 18.2 Å². The molecule has 0 spiro atoms. The first-order valence-corrected chi connectivity index (χ1v) is 11.6. The van der Waals surface area contributed by atoms with Crippen molar-refractivity contribution in [1.82, 2.24) is 14.8 Å². The van der Waals surface area contributed by atoms with E-state index in [1.54, 1.807) is 25.1 Å². The van der Waals surface area contributed by atoms with E-state index in [2.05, 4.69) is 10.2 Å². The standard InChI is InChI=1S/C22H26ClN3O4S/c1-26-13-24-25-21(26)31-19-17(27)12-22(30-20(19)28,15-5-3-4-6-15)10-9-14-7-8-18(29-2)16(23)11-14/h7-8,11,13,15,27H,3-6,9-10,12H2,1-2H3. The molecule has 166 valence electrons.